The van der Waals surface area contributed by atoms with Crippen molar-refractivity contribution in [2.24, 2.45) is 5.73 Å². The maximum Gasteiger partial charge on any atom is 1.00 e. The summed E-state index contributed by atoms with van der Waals surface area (Å²) in [6.07, 6.45) is 0.574. The monoisotopic (exact) mass is 263 g/mol. The number of ether oxygens (including phenoxy) is 1. The maximum absolute atomic E-state index is 11.8. The van der Waals surface area contributed by atoms with Gasteiger partial charge in [-0.25, -0.2) is 0 Å². The number of hydrogen-bond donors (Lipinski definition) is 1. The first kappa shape index (κ1) is 17.4. The first-order valence-electron chi connectivity index (χ1n) is 5.37. The molecule has 0 bridgehead atoms. The van der Waals surface area contributed by atoms with Gasteiger partial charge in [0.25, 0.3) is 0 Å². The van der Waals surface area contributed by atoms with Crippen molar-refractivity contribution in [1.29, 1.82) is 0 Å². The number of aliphatic carboxylic acids is 1. The number of carbonyl (C=O) groups is 1. The van der Waals surface area contributed by atoms with E-state index in [1.165, 1.54) is 0 Å². The van der Waals surface area contributed by atoms with Crippen molar-refractivity contribution in [2.45, 2.75) is 18.9 Å². The van der Waals surface area contributed by atoms with Crippen molar-refractivity contribution < 1.29 is 48.6 Å². The SMILES string of the molecule is N[C@@H](Cc1ccc(OCCCF)cc1)C(=O)[O-].[Na+]. The zero-order valence-corrected chi connectivity index (χ0v) is 12.4. The first-order chi connectivity index (χ1) is 8.13. The van der Waals surface area contributed by atoms with Gasteiger partial charge in [-0.05, 0) is 24.1 Å². The van der Waals surface area contributed by atoms with E-state index in [0.717, 1.165) is 5.56 Å². The van der Waals surface area contributed by atoms with Gasteiger partial charge < -0.3 is 20.4 Å². The Kier molecular flexibility index (Phi) is 9.01. The summed E-state index contributed by atoms with van der Waals surface area (Å²) in [4.78, 5) is 10.4. The molecule has 0 fully saturated rings. The maximum atomic E-state index is 11.8. The average Bonchev–Trinajstić information content (AvgIpc) is 2.31. The number of rotatable bonds is 7. The van der Waals surface area contributed by atoms with Gasteiger partial charge in [-0.2, -0.15) is 0 Å². The molecule has 0 unspecified atom stereocenters. The summed E-state index contributed by atoms with van der Waals surface area (Å²) >= 11 is 0. The van der Waals surface area contributed by atoms with Gasteiger partial charge in [0.2, 0.25) is 0 Å². The number of carboxylic acids is 1. The molecule has 6 heteroatoms. The third-order valence-electron chi connectivity index (χ3n) is 2.23. The second kappa shape index (κ2) is 9.33. The van der Waals surface area contributed by atoms with E-state index in [2.05, 4.69) is 0 Å². The van der Waals surface area contributed by atoms with Crippen molar-refractivity contribution in [3.05, 3.63) is 29.8 Å². The van der Waals surface area contributed by atoms with E-state index in [-0.39, 0.29) is 36.0 Å². The number of hydrogen-bond acceptors (Lipinski definition) is 4. The fourth-order valence-corrected chi connectivity index (χ4v) is 1.30. The Morgan fingerprint density at radius 2 is 2.00 bits per heavy atom. The molecule has 1 aromatic rings. The number of carboxylic acid groups (broad SMARTS) is 1. The quantitative estimate of drug-likeness (QED) is 0.421. The molecule has 4 nitrogen and oxygen atoms in total. The second-order valence-electron chi connectivity index (χ2n) is 3.66. The number of alkyl halides is 1. The minimum atomic E-state index is -1.27. The summed E-state index contributed by atoms with van der Waals surface area (Å²) in [5.74, 6) is -0.641. The zero-order chi connectivity index (χ0) is 12.7. The van der Waals surface area contributed by atoms with Crippen molar-refractivity contribution in [1.82, 2.24) is 0 Å². The van der Waals surface area contributed by atoms with E-state index in [1.807, 2.05) is 0 Å². The Labute approximate surface area is 128 Å². The molecule has 1 aromatic carbocycles. The Balaban J connectivity index is 0.00000289. The Bertz CT molecular complexity index is 359. The molecule has 0 radical (unpaired) electrons. The molecule has 94 valence electrons. The van der Waals surface area contributed by atoms with Crippen LogP contribution >= 0.6 is 0 Å². The fraction of sp³-hybridized carbons (Fsp3) is 0.417. The third-order valence-corrected chi connectivity index (χ3v) is 2.23. The summed E-state index contributed by atoms with van der Waals surface area (Å²) in [7, 11) is 0. The molecule has 0 aliphatic carbocycles. The molecule has 0 amide bonds. The van der Waals surface area contributed by atoms with Crippen molar-refractivity contribution in [3.8, 4) is 5.75 Å². The van der Waals surface area contributed by atoms with Crippen LogP contribution in [0, 0.1) is 0 Å². The van der Waals surface area contributed by atoms with Gasteiger partial charge in [0.05, 0.1) is 19.3 Å². The van der Waals surface area contributed by atoms with E-state index >= 15 is 0 Å². The number of benzene rings is 1. The Hall–Kier alpha value is -0.620. The third kappa shape index (κ3) is 6.35. The van der Waals surface area contributed by atoms with Crippen LogP contribution in [-0.2, 0) is 11.2 Å². The minimum Gasteiger partial charge on any atom is -0.548 e. The molecule has 0 aliphatic heterocycles. The predicted molar refractivity (Wildman–Crippen MR) is 59.2 cm³/mol. The molecular formula is C12H15FNNaO3. The fourth-order valence-electron chi connectivity index (χ4n) is 1.30. The topological polar surface area (TPSA) is 75.4 Å². The predicted octanol–water partition coefficient (Wildman–Crippen LogP) is -2.95. The molecule has 0 spiro atoms. The molecular weight excluding hydrogens is 248 g/mol. The Morgan fingerprint density at radius 1 is 1.39 bits per heavy atom. The normalized spacial score (nSPS) is 11.4. The first-order valence-corrected chi connectivity index (χ1v) is 5.37. The number of halogens is 1. The van der Waals surface area contributed by atoms with Crippen LogP contribution in [0.5, 0.6) is 5.75 Å². The molecule has 1 atom stereocenters. The van der Waals surface area contributed by atoms with Crippen LogP contribution in [0.15, 0.2) is 24.3 Å². The molecule has 18 heavy (non-hydrogen) atoms. The Morgan fingerprint density at radius 3 is 2.50 bits per heavy atom. The molecule has 0 heterocycles. The van der Waals surface area contributed by atoms with Gasteiger partial charge in [0, 0.05) is 12.5 Å². The summed E-state index contributed by atoms with van der Waals surface area (Å²) < 4.78 is 17.1. The van der Waals surface area contributed by atoms with E-state index in [0.29, 0.717) is 18.8 Å². The van der Waals surface area contributed by atoms with E-state index in [1.54, 1.807) is 24.3 Å². The summed E-state index contributed by atoms with van der Waals surface area (Å²) in [6, 6.07) is 5.86. The minimum absolute atomic E-state index is 0. The summed E-state index contributed by atoms with van der Waals surface area (Å²) in [5.41, 5.74) is 6.14. The molecule has 0 aliphatic rings. The number of carbonyl (C=O) groups excluding carboxylic acids is 1. The van der Waals surface area contributed by atoms with Crippen LogP contribution in [0.3, 0.4) is 0 Å². The molecule has 0 aromatic heterocycles. The van der Waals surface area contributed by atoms with E-state index < -0.39 is 18.7 Å². The number of nitrogens with two attached hydrogens (primary N) is 1. The van der Waals surface area contributed by atoms with E-state index in [9.17, 15) is 14.3 Å². The largest absolute Gasteiger partial charge is 1.00 e. The van der Waals surface area contributed by atoms with Gasteiger partial charge >= 0.3 is 29.6 Å². The van der Waals surface area contributed by atoms with Crippen LogP contribution < -0.4 is 45.1 Å². The van der Waals surface area contributed by atoms with Gasteiger partial charge in [-0.15, -0.1) is 0 Å². The molecule has 2 N–H and O–H groups in total. The van der Waals surface area contributed by atoms with Crippen molar-refractivity contribution in [2.75, 3.05) is 13.3 Å². The van der Waals surface area contributed by atoms with Crippen molar-refractivity contribution >= 4 is 5.97 Å². The van der Waals surface area contributed by atoms with E-state index in [4.69, 9.17) is 10.5 Å². The van der Waals surface area contributed by atoms with Crippen LogP contribution in [0.4, 0.5) is 4.39 Å². The van der Waals surface area contributed by atoms with Gasteiger partial charge in [0.15, 0.2) is 0 Å². The molecule has 0 saturated heterocycles. The molecule has 1 rings (SSSR count). The van der Waals surface area contributed by atoms with Crippen LogP contribution in [0.2, 0.25) is 0 Å². The summed E-state index contributed by atoms with van der Waals surface area (Å²) in [5, 5.41) is 10.4. The van der Waals surface area contributed by atoms with Crippen LogP contribution in [-0.4, -0.2) is 25.3 Å². The van der Waals surface area contributed by atoms with Crippen LogP contribution in [0.25, 0.3) is 0 Å². The standard InChI is InChI=1S/C12H16FNO3.Na/c13-6-1-7-17-10-4-2-9(3-5-10)8-11(14)12(15)16;/h2-5,11H,1,6-8,14H2,(H,15,16);/q;+1/p-1/t11-;/m0./s1. The van der Waals surface area contributed by atoms with Crippen LogP contribution in [0.1, 0.15) is 12.0 Å². The smallest absolute Gasteiger partial charge is 0.548 e. The summed E-state index contributed by atoms with van der Waals surface area (Å²) in [6.45, 7) is -0.0764. The zero-order valence-electron chi connectivity index (χ0n) is 10.4. The van der Waals surface area contributed by atoms with Gasteiger partial charge in [-0.3, -0.25) is 4.39 Å². The average molecular weight is 263 g/mol. The second-order valence-corrected chi connectivity index (χ2v) is 3.66. The van der Waals surface area contributed by atoms with Gasteiger partial charge in [-0.1, -0.05) is 12.1 Å². The van der Waals surface area contributed by atoms with Crippen molar-refractivity contribution in [3.63, 3.8) is 0 Å². The molecule has 0 saturated carbocycles. The van der Waals surface area contributed by atoms with Gasteiger partial charge in [0.1, 0.15) is 5.75 Å².